The molecule has 136 valence electrons. The van der Waals surface area contributed by atoms with Crippen molar-refractivity contribution in [2.75, 3.05) is 32.9 Å². The fraction of sp³-hybridized carbons (Fsp3) is 0.588. The van der Waals surface area contributed by atoms with Crippen LogP contribution in [0.25, 0.3) is 10.2 Å². The predicted octanol–water partition coefficient (Wildman–Crippen LogP) is 1.77. The zero-order valence-corrected chi connectivity index (χ0v) is 16.3. The Bertz CT molecular complexity index is 813. The molecule has 0 radical (unpaired) electrons. The first-order chi connectivity index (χ1) is 12.0. The molecule has 1 aliphatic carbocycles. The summed E-state index contributed by atoms with van der Waals surface area (Å²) in [6.45, 7) is 1.66. The van der Waals surface area contributed by atoms with Gasteiger partial charge in [0.25, 0.3) is 5.56 Å². The lowest BCUT2D eigenvalue weighted by atomic mass is 10.2. The number of aromatic amines is 1. The number of hydrogen-bond acceptors (Lipinski definition) is 6. The van der Waals surface area contributed by atoms with Gasteiger partial charge in [-0.05, 0) is 51.9 Å². The number of rotatable bonds is 8. The van der Waals surface area contributed by atoms with E-state index in [1.54, 1.807) is 11.3 Å². The lowest BCUT2D eigenvalue weighted by Gasteiger charge is -2.09. The third-order valence-corrected chi connectivity index (χ3v) is 6.33. The minimum absolute atomic E-state index is 0.0299. The molecule has 1 aliphatic rings. The minimum Gasteiger partial charge on any atom is -0.355 e. The first-order valence-electron chi connectivity index (χ1n) is 8.57. The van der Waals surface area contributed by atoms with Gasteiger partial charge in [0, 0.05) is 11.4 Å². The molecular weight excluding hydrogens is 356 g/mol. The van der Waals surface area contributed by atoms with Crippen LogP contribution in [0.4, 0.5) is 0 Å². The molecule has 2 aromatic heterocycles. The van der Waals surface area contributed by atoms with Gasteiger partial charge in [-0.1, -0.05) is 0 Å². The Balaban J connectivity index is 1.50. The van der Waals surface area contributed by atoms with Crippen molar-refractivity contribution in [1.29, 1.82) is 0 Å². The molecular formula is C17H24N4O2S2. The lowest BCUT2D eigenvalue weighted by molar-refractivity contribution is -0.118. The summed E-state index contributed by atoms with van der Waals surface area (Å²) in [6.07, 6.45) is 4.13. The summed E-state index contributed by atoms with van der Waals surface area (Å²) < 4.78 is 0. The smallest absolute Gasteiger partial charge is 0.259 e. The van der Waals surface area contributed by atoms with Crippen LogP contribution in [0.15, 0.2) is 4.79 Å². The van der Waals surface area contributed by atoms with Crippen LogP contribution in [0, 0.1) is 0 Å². The third kappa shape index (κ3) is 4.62. The monoisotopic (exact) mass is 380 g/mol. The van der Waals surface area contributed by atoms with E-state index in [4.69, 9.17) is 0 Å². The van der Waals surface area contributed by atoms with Crippen molar-refractivity contribution in [1.82, 2.24) is 20.2 Å². The third-order valence-electron chi connectivity index (χ3n) is 4.20. The number of H-pyrrole nitrogens is 1. The van der Waals surface area contributed by atoms with Crippen LogP contribution in [-0.2, 0) is 23.4 Å². The topological polar surface area (TPSA) is 78.1 Å². The number of hydrogen-bond donors (Lipinski definition) is 2. The Morgan fingerprint density at radius 2 is 2.24 bits per heavy atom. The van der Waals surface area contributed by atoms with E-state index in [-0.39, 0.29) is 11.5 Å². The average Bonchev–Trinajstić information content (AvgIpc) is 3.11. The van der Waals surface area contributed by atoms with Crippen LogP contribution in [0.2, 0.25) is 0 Å². The van der Waals surface area contributed by atoms with E-state index >= 15 is 0 Å². The number of thioether (sulfide) groups is 1. The molecule has 3 rings (SSSR count). The van der Waals surface area contributed by atoms with E-state index < -0.39 is 0 Å². The maximum absolute atomic E-state index is 12.4. The molecule has 0 spiro atoms. The van der Waals surface area contributed by atoms with Crippen molar-refractivity contribution in [2.45, 2.75) is 31.4 Å². The second-order valence-corrected chi connectivity index (χ2v) is 8.62. The highest BCUT2D eigenvalue weighted by Crippen LogP contribution is 2.34. The number of carbonyl (C=O) groups excluding carboxylic acids is 1. The Kier molecular flexibility index (Phi) is 6.14. The first kappa shape index (κ1) is 18.4. The van der Waals surface area contributed by atoms with Gasteiger partial charge < -0.3 is 15.2 Å². The second-order valence-electron chi connectivity index (χ2n) is 6.55. The number of carbonyl (C=O) groups is 1. The fourth-order valence-corrected chi connectivity index (χ4v) is 5.03. The number of fused-ring (bicyclic) bond motifs is 3. The van der Waals surface area contributed by atoms with Gasteiger partial charge in [0.1, 0.15) is 10.7 Å². The van der Waals surface area contributed by atoms with Crippen LogP contribution in [0.5, 0.6) is 0 Å². The second kappa shape index (κ2) is 8.33. The molecule has 0 atom stereocenters. The molecule has 0 bridgehead atoms. The molecule has 2 heterocycles. The molecule has 6 nitrogen and oxygen atoms in total. The Morgan fingerprint density at radius 1 is 1.40 bits per heavy atom. The highest BCUT2D eigenvalue weighted by Gasteiger charge is 2.21. The van der Waals surface area contributed by atoms with E-state index in [9.17, 15) is 9.59 Å². The SMILES string of the molecule is CN(C)CCCNC(=O)CSCc1nc2sc3c(c2c(=O)[nH]1)CCC3. The zero-order valence-electron chi connectivity index (χ0n) is 14.7. The summed E-state index contributed by atoms with van der Waals surface area (Å²) in [6, 6.07) is 0. The normalized spacial score (nSPS) is 13.6. The molecule has 2 N–H and O–H groups in total. The average molecular weight is 381 g/mol. The van der Waals surface area contributed by atoms with Gasteiger partial charge in [0.15, 0.2) is 0 Å². The van der Waals surface area contributed by atoms with Crippen molar-refractivity contribution in [3.05, 3.63) is 26.6 Å². The zero-order chi connectivity index (χ0) is 17.8. The molecule has 0 saturated carbocycles. The van der Waals surface area contributed by atoms with Gasteiger partial charge in [-0.25, -0.2) is 4.98 Å². The summed E-state index contributed by atoms with van der Waals surface area (Å²) >= 11 is 3.12. The van der Waals surface area contributed by atoms with Crippen LogP contribution in [0.3, 0.4) is 0 Å². The maximum Gasteiger partial charge on any atom is 0.259 e. The number of nitrogens with one attached hydrogen (secondary N) is 2. The molecule has 25 heavy (non-hydrogen) atoms. The standard InChI is InChI=1S/C17H24N4O2S2/c1-21(2)8-4-7-18-14(22)10-24-9-13-19-16(23)15-11-5-3-6-12(11)25-17(15)20-13/h3-10H2,1-2H3,(H,18,22)(H,19,20,23). The minimum atomic E-state index is -0.0341. The van der Waals surface area contributed by atoms with Gasteiger partial charge in [0.05, 0.1) is 16.9 Å². The largest absolute Gasteiger partial charge is 0.355 e. The summed E-state index contributed by atoms with van der Waals surface area (Å²) in [5.41, 5.74) is 1.16. The van der Waals surface area contributed by atoms with Gasteiger partial charge in [-0.3, -0.25) is 9.59 Å². The summed E-state index contributed by atoms with van der Waals surface area (Å²) in [5.74, 6) is 1.61. The number of aromatic nitrogens is 2. The Hall–Kier alpha value is -1.38. The van der Waals surface area contributed by atoms with Crippen LogP contribution < -0.4 is 10.9 Å². The maximum atomic E-state index is 12.4. The van der Waals surface area contributed by atoms with E-state index in [1.165, 1.54) is 22.2 Å². The summed E-state index contributed by atoms with van der Waals surface area (Å²) in [4.78, 5) is 35.9. The van der Waals surface area contributed by atoms with E-state index in [0.29, 0.717) is 23.9 Å². The molecule has 2 aromatic rings. The number of aryl methyl sites for hydroxylation is 2. The Morgan fingerprint density at radius 3 is 3.04 bits per heavy atom. The summed E-state index contributed by atoms with van der Waals surface area (Å²) in [7, 11) is 4.04. The molecule has 0 saturated heterocycles. The molecule has 8 heteroatoms. The number of thiophene rings is 1. The highest BCUT2D eigenvalue weighted by atomic mass is 32.2. The lowest BCUT2D eigenvalue weighted by Crippen LogP contribution is -2.28. The van der Waals surface area contributed by atoms with Crippen molar-refractivity contribution >= 4 is 39.2 Å². The van der Waals surface area contributed by atoms with Crippen LogP contribution in [-0.4, -0.2) is 53.7 Å². The molecule has 0 fully saturated rings. The van der Waals surface area contributed by atoms with E-state index in [1.807, 2.05) is 14.1 Å². The van der Waals surface area contributed by atoms with Gasteiger partial charge in [-0.15, -0.1) is 23.1 Å². The van der Waals surface area contributed by atoms with Gasteiger partial charge in [0.2, 0.25) is 5.91 Å². The van der Waals surface area contributed by atoms with E-state index in [0.717, 1.165) is 42.4 Å². The van der Waals surface area contributed by atoms with Crippen molar-refractivity contribution in [3.8, 4) is 0 Å². The molecule has 0 unspecified atom stereocenters. The van der Waals surface area contributed by atoms with E-state index in [2.05, 4.69) is 20.2 Å². The van der Waals surface area contributed by atoms with Crippen molar-refractivity contribution in [3.63, 3.8) is 0 Å². The van der Waals surface area contributed by atoms with Crippen LogP contribution in [0.1, 0.15) is 29.1 Å². The van der Waals surface area contributed by atoms with Crippen molar-refractivity contribution < 1.29 is 4.79 Å². The van der Waals surface area contributed by atoms with Gasteiger partial charge >= 0.3 is 0 Å². The number of nitrogens with zero attached hydrogens (tertiary/aromatic N) is 2. The van der Waals surface area contributed by atoms with Gasteiger partial charge in [-0.2, -0.15) is 0 Å². The molecule has 1 amide bonds. The predicted molar refractivity (Wildman–Crippen MR) is 105 cm³/mol. The molecule has 0 aliphatic heterocycles. The quantitative estimate of drug-likeness (QED) is 0.683. The van der Waals surface area contributed by atoms with Crippen molar-refractivity contribution in [2.24, 2.45) is 0 Å². The summed E-state index contributed by atoms with van der Waals surface area (Å²) in [5, 5.41) is 3.70. The highest BCUT2D eigenvalue weighted by molar-refractivity contribution is 7.99. The Labute approximate surface area is 155 Å². The van der Waals surface area contributed by atoms with Crippen LogP contribution >= 0.6 is 23.1 Å². The first-order valence-corrected chi connectivity index (χ1v) is 10.5. The number of amides is 1. The fourth-order valence-electron chi connectivity index (χ4n) is 3.03. The molecule has 0 aromatic carbocycles.